The fourth-order valence-electron chi connectivity index (χ4n) is 1.45. The van der Waals surface area contributed by atoms with Crippen LogP contribution in [0, 0.1) is 0 Å². The summed E-state index contributed by atoms with van der Waals surface area (Å²) in [7, 11) is 0. The maximum atomic E-state index is 12.9. The maximum Gasteiger partial charge on any atom is 0.329 e. The van der Waals surface area contributed by atoms with Gasteiger partial charge in [0.2, 0.25) is 0 Å². The van der Waals surface area contributed by atoms with Crippen molar-refractivity contribution in [1.82, 2.24) is 0 Å². The Bertz CT molecular complexity index is 183. The Morgan fingerprint density at radius 2 is 2.31 bits per heavy atom. The molecule has 0 saturated carbocycles. The van der Waals surface area contributed by atoms with Crippen LogP contribution in [0.5, 0.6) is 0 Å². The zero-order chi connectivity index (χ0) is 10.1. The number of halogens is 3. The molecule has 5 heteroatoms. The van der Waals surface area contributed by atoms with Gasteiger partial charge in [-0.3, -0.25) is 0 Å². The zero-order valence-electron chi connectivity index (χ0n) is 7.40. The summed E-state index contributed by atoms with van der Waals surface area (Å²) in [5.41, 5.74) is -1.95. The predicted molar refractivity (Wildman–Crippen MR) is 48.1 cm³/mol. The number of rotatable bonds is 2. The van der Waals surface area contributed by atoms with Gasteiger partial charge in [-0.15, -0.1) is 0 Å². The zero-order valence-corrected chi connectivity index (χ0v) is 8.98. The van der Waals surface area contributed by atoms with Gasteiger partial charge in [-0.05, 0) is 22.4 Å². The molecule has 0 amide bonds. The molecule has 1 aliphatic heterocycles. The summed E-state index contributed by atoms with van der Waals surface area (Å²) >= 11 is 2.21. The average Bonchev–Trinajstić information content (AvgIpc) is 2.02. The second kappa shape index (κ2) is 3.79. The van der Waals surface area contributed by atoms with E-state index in [1.165, 1.54) is 0 Å². The van der Waals surface area contributed by atoms with Crippen LogP contribution < -0.4 is 0 Å². The summed E-state index contributed by atoms with van der Waals surface area (Å²) in [4.78, 5) is -3.22. The van der Waals surface area contributed by atoms with Crippen LogP contribution in [0.3, 0.4) is 0 Å². The van der Waals surface area contributed by atoms with E-state index in [0.29, 0.717) is 6.42 Å². The Morgan fingerprint density at radius 3 is 2.77 bits per heavy atom. The van der Waals surface area contributed by atoms with Crippen LogP contribution in [0.15, 0.2) is 0 Å². The topological polar surface area (TPSA) is 29.5 Å². The molecule has 1 rings (SSSR count). The van der Waals surface area contributed by atoms with E-state index >= 15 is 0 Å². The minimum Gasteiger partial charge on any atom is -0.382 e. The monoisotopic (exact) mass is 258 g/mol. The Balaban J connectivity index is 2.68. The van der Waals surface area contributed by atoms with Gasteiger partial charge < -0.3 is 9.84 Å². The lowest BCUT2D eigenvalue weighted by Gasteiger charge is -2.39. The molecular weight excluding hydrogens is 246 g/mol. The highest BCUT2D eigenvalue weighted by Gasteiger charge is 2.52. The molecule has 0 radical (unpaired) electrons. The molecule has 0 aromatic rings. The van der Waals surface area contributed by atoms with E-state index < -0.39 is 10.4 Å². The van der Waals surface area contributed by atoms with Crippen LogP contribution >= 0.6 is 15.9 Å². The molecule has 1 N–H and O–H groups in total. The van der Waals surface area contributed by atoms with Crippen LogP contribution in [0.25, 0.3) is 0 Å². The Hall–Kier alpha value is 0.260. The third-order valence-corrected chi connectivity index (χ3v) is 3.16. The fourth-order valence-corrected chi connectivity index (χ4v) is 1.81. The smallest absolute Gasteiger partial charge is 0.329 e. The van der Waals surface area contributed by atoms with Gasteiger partial charge in [0.1, 0.15) is 5.60 Å². The number of hydrogen-bond donors (Lipinski definition) is 1. The summed E-state index contributed by atoms with van der Waals surface area (Å²) in [6.45, 7) is 2.04. The van der Waals surface area contributed by atoms with Gasteiger partial charge in [-0.1, -0.05) is 6.92 Å². The second-order valence-corrected chi connectivity index (χ2v) is 4.38. The molecule has 2 nitrogen and oxygen atoms in total. The third-order valence-electron chi connectivity index (χ3n) is 2.42. The van der Waals surface area contributed by atoms with Gasteiger partial charge in [0.25, 0.3) is 0 Å². The predicted octanol–water partition coefficient (Wildman–Crippen LogP) is 2.29. The number of aliphatic hydroxyl groups is 1. The highest BCUT2D eigenvalue weighted by molar-refractivity contribution is 9.10. The first-order chi connectivity index (χ1) is 5.89. The van der Waals surface area contributed by atoms with E-state index in [9.17, 15) is 13.9 Å². The number of alkyl halides is 3. The van der Waals surface area contributed by atoms with Crippen molar-refractivity contribution in [3.05, 3.63) is 0 Å². The third kappa shape index (κ3) is 2.39. The van der Waals surface area contributed by atoms with Crippen molar-refractivity contribution in [2.45, 2.75) is 42.7 Å². The van der Waals surface area contributed by atoms with E-state index in [-0.39, 0.29) is 25.6 Å². The first-order valence-electron chi connectivity index (χ1n) is 4.30. The molecule has 1 aliphatic rings. The summed E-state index contributed by atoms with van der Waals surface area (Å²) in [6.07, 6.45) is 0.344. The van der Waals surface area contributed by atoms with Gasteiger partial charge in [-0.25, -0.2) is 0 Å². The number of ether oxygens (including phenoxy) is 1. The maximum absolute atomic E-state index is 12.9. The largest absolute Gasteiger partial charge is 0.382 e. The molecule has 0 aromatic heterocycles. The molecule has 1 saturated heterocycles. The molecule has 0 spiro atoms. The average molecular weight is 259 g/mol. The van der Waals surface area contributed by atoms with Gasteiger partial charge in [0.05, 0.1) is 6.10 Å². The molecule has 1 heterocycles. The van der Waals surface area contributed by atoms with Crippen molar-refractivity contribution in [1.29, 1.82) is 0 Å². The van der Waals surface area contributed by atoms with Crippen molar-refractivity contribution in [2.75, 3.05) is 6.61 Å². The molecule has 0 aliphatic carbocycles. The van der Waals surface area contributed by atoms with Crippen LogP contribution in [0.1, 0.15) is 26.2 Å². The van der Waals surface area contributed by atoms with Crippen molar-refractivity contribution in [3.63, 3.8) is 0 Å². The highest BCUT2D eigenvalue weighted by Crippen LogP contribution is 2.43. The Morgan fingerprint density at radius 1 is 1.69 bits per heavy atom. The van der Waals surface area contributed by atoms with Crippen molar-refractivity contribution < 1.29 is 18.6 Å². The molecule has 1 fully saturated rings. The van der Waals surface area contributed by atoms with Gasteiger partial charge in [0.15, 0.2) is 0 Å². The molecular formula is C8H13BrF2O2. The summed E-state index contributed by atoms with van der Waals surface area (Å²) < 4.78 is 31.0. The van der Waals surface area contributed by atoms with Gasteiger partial charge in [0, 0.05) is 19.4 Å². The summed E-state index contributed by atoms with van der Waals surface area (Å²) in [5, 5.41) is 9.63. The lowest BCUT2D eigenvalue weighted by Crippen LogP contribution is -2.50. The lowest BCUT2D eigenvalue weighted by atomic mass is 9.90. The molecule has 13 heavy (non-hydrogen) atoms. The summed E-state index contributed by atoms with van der Waals surface area (Å²) in [6, 6.07) is 0. The van der Waals surface area contributed by atoms with Crippen LogP contribution in [-0.2, 0) is 4.74 Å². The standard InChI is InChI=1S/C8H13BrF2O2/c1-2-6-5-7(12,3-4-13-6)8(9,10)11/h6,12H,2-5H2,1H3. The van der Waals surface area contributed by atoms with E-state index in [1.54, 1.807) is 0 Å². The fraction of sp³-hybridized carbons (Fsp3) is 1.00. The van der Waals surface area contributed by atoms with Crippen molar-refractivity contribution in [2.24, 2.45) is 0 Å². The summed E-state index contributed by atoms with van der Waals surface area (Å²) in [5.74, 6) is 0. The van der Waals surface area contributed by atoms with Crippen LogP contribution in [-0.4, -0.2) is 28.3 Å². The Kier molecular flexibility index (Phi) is 3.30. The van der Waals surface area contributed by atoms with Gasteiger partial charge >= 0.3 is 4.83 Å². The van der Waals surface area contributed by atoms with Crippen LogP contribution in [0.2, 0.25) is 0 Å². The molecule has 0 aromatic carbocycles. The molecule has 2 atom stereocenters. The Labute approximate surface area is 84.4 Å². The minimum atomic E-state index is -3.22. The normalized spacial score (nSPS) is 36.2. The quantitative estimate of drug-likeness (QED) is 0.771. The second-order valence-electron chi connectivity index (χ2n) is 3.38. The van der Waals surface area contributed by atoms with Crippen molar-refractivity contribution >= 4 is 15.9 Å². The van der Waals surface area contributed by atoms with E-state index in [2.05, 4.69) is 15.9 Å². The van der Waals surface area contributed by atoms with Crippen LogP contribution in [0.4, 0.5) is 8.78 Å². The lowest BCUT2D eigenvalue weighted by molar-refractivity contribution is -0.181. The van der Waals surface area contributed by atoms with Gasteiger partial charge in [-0.2, -0.15) is 8.78 Å². The highest BCUT2D eigenvalue weighted by atomic mass is 79.9. The minimum absolute atomic E-state index is 0.0122. The molecule has 2 unspecified atom stereocenters. The molecule has 0 bridgehead atoms. The first kappa shape index (κ1) is 11.3. The van der Waals surface area contributed by atoms with E-state index in [0.717, 1.165) is 0 Å². The van der Waals surface area contributed by atoms with E-state index in [1.807, 2.05) is 6.92 Å². The van der Waals surface area contributed by atoms with Crippen molar-refractivity contribution in [3.8, 4) is 0 Å². The first-order valence-corrected chi connectivity index (χ1v) is 5.09. The molecule has 78 valence electrons. The number of hydrogen-bond acceptors (Lipinski definition) is 2. The SMILES string of the molecule is CCC1CC(O)(C(F)(F)Br)CCO1. The van der Waals surface area contributed by atoms with E-state index in [4.69, 9.17) is 4.74 Å².